The SMILES string of the molecule is C#CCN1C(=O)Cc2occc2C1=O. The number of nitrogens with zero attached hydrogens (tertiary/aromatic N) is 1. The van der Waals surface area contributed by atoms with E-state index in [1.54, 1.807) is 6.07 Å². The molecule has 70 valence electrons. The molecule has 2 amide bonds. The second kappa shape index (κ2) is 3.04. The Morgan fingerprint density at radius 1 is 1.57 bits per heavy atom. The Labute approximate surface area is 80.5 Å². The highest BCUT2D eigenvalue weighted by Crippen LogP contribution is 2.20. The molecular formula is C10H7NO3. The number of carbonyl (C=O) groups is 2. The number of rotatable bonds is 1. The summed E-state index contributed by atoms with van der Waals surface area (Å²) in [6.45, 7) is 0.0162. The number of hydrogen-bond acceptors (Lipinski definition) is 3. The monoisotopic (exact) mass is 189 g/mol. The van der Waals surface area contributed by atoms with Gasteiger partial charge in [0.2, 0.25) is 5.91 Å². The summed E-state index contributed by atoms with van der Waals surface area (Å²) in [5.41, 5.74) is 0.430. The first-order chi connectivity index (χ1) is 6.74. The van der Waals surface area contributed by atoms with E-state index in [0.717, 1.165) is 4.90 Å². The van der Waals surface area contributed by atoms with Gasteiger partial charge in [-0.3, -0.25) is 14.5 Å². The van der Waals surface area contributed by atoms with Crippen molar-refractivity contribution in [3.8, 4) is 12.3 Å². The van der Waals surface area contributed by atoms with E-state index in [1.165, 1.54) is 6.26 Å². The predicted molar refractivity (Wildman–Crippen MR) is 47.3 cm³/mol. The number of carbonyl (C=O) groups excluding carboxylic acids is 2. The zero-order chi connectivity index (χ0) is 10.1. The van der Waals surface area contributed by atoms with Gasteiger partial charge in [-0.1, -0.05) is 5.92 Å². The molecule has 14 heavy (non-hydrogen) atoms. The Balaban J connectivity index is 2.40. The van der Waals surface area contributed by atoms with Crippen molar-refractivity contribution >= 4 is 11.8 Å². The maximum absolute atomic E-state index is 11.6. The molecular weight excluding hydrogens is 182 g/mol. The zero-order valence-electron chi connectivity index (χ0n) is 7.32. The summed E-state index contributed by atoms with van der Waals surface area (Å²) in [4.78, 5) is 24.1. The molecule has 0 spiro atoms. The molecule has 0 radical (unpaired) electrons. The van der Waals surface area contributed by atoms with Gasteiger partial charge in [-0.2, -0.15) is 0 Å². The molecule has 1 aromatic rings. The van der Waals surface area contributed by atoms with E-state index in [4.69, 9.17) is 10.8 Å². The molecule has 0 bridgehead atoms. The third-order valence-corrected chi connectivity index (χ3v) is 2.08. The Morgan fingerprint density at radius 2 is 2.36 bits per heavy atom. The third kappa shape index (κ3) is 1.11. The molecule has 2 rings (SSSR count). The minimum Gasteiger partial charge on any atom is -0.468 e. The smallest absolute Gasteiger partial charge is 0.264 e. The summed E-state index contributed by atoms with van der Waals surface area (Å²) in [5, 5.41) is 0. The molecule has 0 N–H and O–H groups in total. The fourth-order valence-corrected chi connectivity index (χ4v) is 1.41. The first kappa shape index (κ1) is 8.57. The van der Waals surface area contributed by atoms with Gasteiger partial charge in [0, 0.05) is 0 Å². The minimum absolute atomic E-state index is 0.0162. The highest BCUT2D eigenvalue weighted by atomic mass is 16.3. The largest absolute Gasteiger partial charge is 0.468 e. The highest BCUT2D eigenvalue weighted by Gasteiger charge is 2.32. The molecule has 4 heteroatoms. The molecule has 0 saturated heterocycles. The summed E-state index contributed by atoms with van der Waals surface area (Å²) in [7, 11) is 0. The van der Waals surface area contributed by atoms with Gasteiger partial charge in [-0.25, -0.2) is 0 Å². The van der Waals surface area contributed by atoms with Crippen LogP contribution in [-0.4, -0.2) is 23.3 Å². The van der Waals surface area contributed by atoms with Crippen LogP contribution >= 0.6 is 0 Å². The van der Waals surface area contributed by atoms with Gasteiger partial charge < -0.3 is 4.42 Å². The Morgan fingerprint density at radius 3 is 3.07 bits per heavy atom. The second-order valence-electron chi connectivity index (χ2n) is 2.92. The summed E-state index contributed by atoms with van der Waals surface area (Å²) in [5.74, 6) is 2.02. The van der Waals surface area contributed by atoms with Crippen molar-refractivity contribution in [3.63, 3.8) is 0 Å². The third-order valence-electron chi connectivity index (χ3n) is 2.08. The Kier molecular flexibility index (Phi) is 1.86. The average Bonchev–Trinajstić information content (AvgIpc) is 2.60. The van der Waals surface area contributed by atoms with Gasteiger partial charge in [0.05, 0.1) is 24.8 Å². The van der Waals surface area contributed by atoms with Gasteiger partial charge in [-0.15, -0.1) is 6.42 Å². The second-order valence-corrected chi connectivity index (χ2v) is 2.92. The van der Waals surface area contributed by atoms with Crippen molar-refractivity contribution in [2.45, 2.75) is 6.42 Å². The Hall–Kier alpha value is -2.02. The van der Waals surface area contributed by atoms with Crippen molar-refractivity contribution in [1.29, 1.82) is 0 Å². The number of imide groups is 1. The molecule has 0 fully saturated rings. The van der Waals surface area contributed by atoms with Crippen LogP contribution in [0.2, 0.25) is 0 Å². The lowest BCUT2D eigenvalue weighted by Crippen LogP contribution is -2.41. The molecule has 0 saturated carbocycles. The first-order valence-electron chi connectivity index (χ1n) is 4.08. The van der Waals surface area contributed by atoms with Crippen LogP contribution in [0.1, 0.15) is 16.1 Å². The number of amides is 2. The standard InChI is InChI=1S/C10H7NO3/c1-2-4-11-9(12)6-8-7(10(11)13)3-5-14-8/h1,3,5H,4,6H2. The van der Waals surface area contributed by atoms with Crippen LogP contribution < -0.4 is 0 Å². The molecule has 0 unspecified atom stereocenters. The predicted octanol–water partition coefficient (Wildman–Crippen LogP) is 0.438. The van der Waals surface area contributed by atoms with Gasteiger partial charge in [-0.05, 0) is 6.07 Å². The lowest BCUT2D eigenvalue weighted by molar-refractivity contribution is -0.128. The number of furan rings is 1. The summed E-state index contributed by atoms with van der Waals surface area (Å²) in [6.07, 6.45) is 6.56. The van der Waals surface area contributed by atoms with Crippen molar-refractivity contribution < 1.29 is 14.0 Å². The summed E-state index contributed by atoms with van der Waals surface area (Å²) < 4.78 is 5.00. The van der Waals surface area contributed by atoms with Crippen molar-refractivity contribution in [2.75, 3.05) is 6.54 Å². The van der Waals surface area contributed by atoms with E-state index in [-0.39, 0.29) is 24.8 Å². The fraction of sp³-hybridized carbons (Fsp3) is 0.200. The number of terminal acetylenes is 1. The van der Waals surface area contributed by atoms with Crippen LogP contribution in [-0.2, 0) is 11.2 Å². The lowest BCUT2D eigenvalue weighted by atomic mass is 10.1. The maximum atomic E-state index is 11.6. The van der Waals surface area contributed by atoms with E-state index in [2.05, 4.69) is 5.92 Å². The summed E-state index contributed by atoms with van der Waals surface area (Å²) >= 11 is 0. The molecule has 1 aromatic heterocycles. The van der Waals surface area contributed by atoms with Crippen LogP contribution in [0.3, 0.4) is 0 Å². The van der Waals surface area contributed by atoms with Gasteiger partial charge in [0.15, 0.2) is 0 Å². The molecule has 2 heterocycles. The van der Waals surface area contributed by atoms with E-state index >= 15 is 0 Å². The van der Waals surface area contributed by atoms with Crippen LogP contribution in [0.4, 0.5) is 0 Å². The van der Waals surface area contributed by atoms with E-state index in [1.807, 2.05) is 0 Å². The van der Waals surface area contributed by atoms with Crippen LogP contribution in [0.15, 0.2) is 16.7 Å². The fourth-order valence-electron chi connectivity index (χ4n) is 1.41. The number of hydrogen-bond donors (Lipinski definition) is 0. The van der Waals surface area contributed by atoms with Crippen molar-refractivity contribution in [1.82, 2.24) is 4.90 Å². The first-order valence-corrected chi connectivity index (χ1v) is 4.08. The van der Waals surface area contributed by atoms with Gasteiger partial charge in [0.1, 0.15) is 5.76 Å². The minimum atomic E-state index is -0.372. The average molecular weight is 189 g/mol. The van der Waals surface area contributed by atoms with Crippen LogP contribution in [0, 0.1) is 12.3 Å². The van der Waals surface area contributed by atoms with E-state index in [9.17, 15) is 9.59 Å². The topological polar surface area (TPSA) is 50.5 Å². The zero-order valence-corrected chi connectivity index (χ0v) is 7.32. The van der Waals surface area contributed by atoms with E-state index in [0.29, 0.717) is 11.3 Å². The quantitative estimate of drug-likeness (QED) is 0.475. The molecule has 0 aromatic carbocycles. The van der Waals surface area contributed by atoms with Crippen LogP contribution in [0.25, 0.3) is 0 Å². The maximum Gasteiger partial charge on any atom is 0.264 e. The van der Waals surface area contributed by atoms with Gasteiger partial charge >= 0.3 is 0 Å². The molecule has 1 aliphatic rings. The Bertz CT molecular complexity index is 438. The molecule has 0 aliphatic carbocycles. The van der Waals surface area contributed by atoms with Crippen molar-refractivity contribution in [2.24, 2.45) is 0 Å². The van der Waals surface area contributed by atoms with E-state index < -0.39 is 0 Å². The normalized spacial score (nSPS) is 15.2. The molecule has 4 nitrogen and oxygen atoms in total. The number of fused-ring (bicyclic) bond motifs is 1. The molecule has 1 aliphatic heterocycles. The lowest BCUT2D eigenvalue weighted by Gasteiger charge is -2.21. The summed E-state index contributed by atoms with van der Waals surface area (Å²) in [6, 6.07) is 1.55. The highest BCUT2D eigenvalue weighted by molar-refractivity contribution is 6.09. The van der Waals surface area contributed by atoms with Crippen molar-refractivity contribution in [3.05, 3.63) is 23.7 Å². The van der Waals surface area contributed by atoms with Crippen LogP contribution in [0.5, 0.6) is 0 Å². The van der Waals surface area contributed by atoms with Gasteiger partial charge in [0.25, 0.3) is 5.91 Å². The molecule has 0 atom stereocenters.